The van der Waals surface area contributed by atoms with E-state index in [0.29, 0.717) is 17.0 Å². The lowest BCUT2D eigenvalue weighted by Crippen LogP contribution is -2.35. The third-order valence-electron chi connectivity index (χ3n) is 5.93. The van der Waals surface area contributed by atoms with E-state index in [2.05, 4.69) is 18.7 Å². The number of benzene rings is 2. The highest BCUT2D eigenvalue weighted by molar-refractivity contribution is 7.98. The Morgan fingerprint density at radius 2 is 1.88 bits per heavy atom. The molecule has 32 heavy (non-hydrogen) atoms. The number of nitrogens with zero attached hydrogens (tertiary/aromatic N) is 3. The molecule has 0 radical (unpaired) electrons. The molecule has 0 fully saturated rings. The second kappa shape index (κ2) is 9.02. The second-order valence-corrected chi connectivity index (χ2v) is 10.7. The van der Waals surface area contributed by atoms with Crippen LogP contribution in [-0.2, 0) is 18.7 Å². The molecule has 0 unspecified atom stereocenters. The summed E-state index contributed by atoms with van der Waals surface area (Å²) in [7, 11) is 0. The van der Waals surface area contributed by atoms with Gasteiger partial charge in [0.05, 0.1) is 11.1 Å². The molecule has 0 amide bonds. The number of thioether (sulfide) groups is 1. The number of hydrogen-bond donors (Lipinski definition) is 0. The van der Waals surface area contributed by atoms with Gasteiger partial charge in [-0.05, 0) is 49.6 Å². The van der Waals surface area contributed by atoms with Crippen molar-refractivity contribution in [2.45, 2.75) is 43.8 Å². The summed E-state index contributed by atoms with van der Waals surface area (Å²) in [4.78, 5) is 23.4. The highest BCUT2D eigenvalue weighted by Gasteiger charge is 2.26. The monoisotopic (exact) mass is 481 g/mol. The van der Waals surface area contributed by atoms with Gasteiger partial charge < -0.3 is 0 Å². The first kappa shape index (κ1) is 21.7. The summed E-state index contributed by atoms with van der Waals surface area (Å²) < 4.78 is 1.77. The largest absolute Gasteiger partial charge is 0.296 e. The van der Waals surface area contributed by atoms with Crippen LogP contribution in [0.15, 0.2) is 64.5 Å². The van der Waals surface area contributed by atoms with Crippen LogP contribution in [0.1, 0.15) is 29.9 Å². The molecule has 1 aliphatic rings. The minimum atomic E-state index is 0.0263. The van der Waals surface area contributed by atoms with Crippen molar-refractivity contribution in [2.75, 3.05) is 6.54 Å². The van der Waals surface area contributed by atoms with Crippen LogP contribution in [0.25, 0.3) is 15.9 Å². The fourth-order valence-corrected chi connectivity index (χ4v) is 6.73. The van der Waals surface area contributed by atoms with Crippen LogP contribution in [0.5, 0.6) is 0 Å². The number of rotatable bonds is 5. The molecule has 0 spiro atoms. The maximum atomic E-state index is 13.9. The van der Waals surface area contributed by atoms with Gasteiger partial charge in [0.2, 0.25) is 0 Å². The van der Waals surface area contributed by atoms with Gasteiger partial charge in [-0.3, -0.25) is 14.3 Å². The summed E-state index contributed by atoms with van der Waals surface area (Å²) in [5.74, 6) is 0.649. The van der Waals surface area contributed by atoms with Crippen LogP contribution in [0.4, 0.5) is 0 Å². The van der Waals surface area contributed by atoms with Gasteiger partial charge in [0.25, 0.3) is 5.56 Å². The highest BCUT2D eigenvalue weighted by atomic mass is 35.5. The zero-order valence-corrected chi connectivity index (χ0v) is 20.4. The smallest absolute Gasteiger partial charge is 0.267 e. The summed E-state index contributed by atoms with van der Waals surface area (Å²) in [5.41, 5.74) is 3.09. The van der Waals surface area contributed by atoms with Crippen molar-refractivity contribution >= 4 is 44.9 Å². The predicted octanol–water partition coefficient (Wildman–Crippen LogP) is 6.16. The maximum absolute atomic E-state index is 13.9. The van der Waals surface area contributed by atoms with Gasteiger partial charge in [-0.15, -0.1) is 11.3 Å². The highest BCUT2D eigenvalue weighted by Crippen LogP contribution is 2.35. The summed E-state index contributed by atoms with van der Waals surface area (Å²) in [5, 5.41) is 2.22. The van der Waals surface area contributed by atoms with E-state index in [9.17, 15) is 4.79 Å². The Morgan fingerprint density at radius 3 is 2.62 bits per heavy atom. The van der Waals surface area contributed by atoms with Crippen molar-refractivity contribution in [3.05, 3.63) is 86.0 Å². The fourth-order valence-electron chi connectivity index (χ4n) is 4.14. The number of para-hydroxylation sites is 1. The van der Waals surface area contributed by atoms with Crippen LogP contribution >= 0.6 is 34.7 Å². The van der Waals surface area contributed by atoms with E-state index in [1.165, 1.54) is 10.4 Å². The van der Waals surface area contributed by atoms with Crippen LogP contribution in [0.2, 0.25) is 5.02 Å². The van der Waals surface area contributed by atoms with E-state index in [1.807, 2.05) is 54.6 Å². The molecular formula is C25H24ClN3OS2. The van der Waals surface area contributed by atoms with Crippen molar-refractivity contribution in [1.82, 2.24) is 14.5 Å². The number of hydrogen-bond acceptors (Lipinski definition) is 5. The second-order valence-electron chi connectivity index (χ2n) is 8.25. The number of halogens is 1. The van der Waals surface area contributed by atoms with Crippen molar-refractivity contribution < 1.29 is 0 Å². The molecule has 1 aliphatic heterocycles. The lowest BCUT2D eigenvalue weighted by atomic mass is 10.0. The lowest BCUT2D eigenvalue weighted by molar-refractivity contribution is 0.206. The van der Waals surface area contributed by atoms with E-state index in [1.54, 1.807) is 27.7 Å². The first-order chi connectivity index (χ1) is 15.5. The van der Waals surface area contributed by atoms with Gasteiger partial charge in [-0.1, -0.05) is 59.8 Å². The van der Waals surface area contributed by atoms with Crippen LogP contribution < -0.4 is 5.56 Å². The normalized spacial score (nSPS) is 14.2. The molecule has 0 saturated carbocycles. The molecule has 7 heteroatoms. The number of aromatic nitrogens is 2. The average Bonchev–Trinajstić information content (AvgIpc) is 3.17. The van der Waals surface area contributed by atoms with Crippen molar-refractivity contribution in [3.63, 3.8) is 0 Å². The van der Waals surface area contributed by atoms with E-state index >= 15 is 0 Å². The van der Waals surface area contributed by atoms with Gasteiger partial charge in [-0.25, -0.2) is 4.98 Å². The molecule has 3 heterocycles. The van der Waals surface area contributed by atoms with Crippen LogP contribution in [-0.4, -0.2) is 27.0 Å². The SMILES string of the molecule is CC(C)N1CCc2c(sc3nc(SCc4ccccc4Cl)n(-c4ccccc4)c(=O)c23)C1. The Hall–Kier alpha value is -2.12. The van der Waals surface area contributed by atoms with Gasteiger partial charge in [0.1, 0.15) is 4.83 Å². The van der Waals surface area contributed by atoms with Gasteiger partial charge in [-0.2, -0.15) is 0 Å². The quantitative estimate of drug-likeness (QED) is 0.253. The Labute approximate surface area is 200 Å². The Morgan fingerprint density at radius 1 is 1.12 bits per heavy atom. The van der Waals surface area contributed by atoms with Crippen molar-refractivity contribution in [2.24, 2.45) is 0 Å². The summed E-state index contributed by atoms with van der Waals surface area (Å²) in [6, 6.07) is 18.1. The third-order valence-corrected chi connectivity index (χ3v) is 8.40. The molecule has 2 aromatic heterocycles. The molecule has 4 nitrogen and oxygen atoms in total. The molecule has 0 atom stereocenters. The van der Waals surface area contributed by atoms with Crippen LogP contribution in [0, 0.1) is 0 Å². The Bertz CT molecular complexity index is 1330. The maximum Gasteiger partial charge on any atom is 0.267 e. The molecule has 0 aliphatic carbocycles. The molecule has 164 valence electrons. The summed E-state index contributed by atoms with van der Waals surface area (Å²) >= 11 is 9.60. The Balaban J connectivity index is 1.64. The average molecular weight is 482 g/mol. The fraction of sp³-hybridized carbons (Fsp3) is 0.280. The van der Waals surface area contributed by atoms with Gasteiger partial charge in [0, 0.05) is 34.8 Å². The lowest BCUT2D eigenvalue weighted by Gasteiger charge is -2.30. The third kappa shape index (κ3) is 4.01. The number of thiophene rings is 1. The minimum absolute atomic E-state index is 0.0263. The first-order valence-electron chi connectivity index (χ1n) is 10.8. The van der Waals surface area contributed by atoms with E-state index in [0.717, 1.165) is 46.0 Å². The van der Waals surface area contributed by atoms with E-state index in [4.69, 9.17) is 16.6 Å². The molecule has 0 bridgehead atoms. The van der Waals surface area contributed by atoms with E-state index in [-0.39, 0.29) is 5.56 Å². The molecule has 4 aromatic rings. The molecule has 5 rings (SSSR count). The van der Waals surface area contributed by atoms with Crippen molar-refractivity contribution in [3.8, 4) is 5.69 Å². The zero-order chi connectivity index (χ0) is 22.2. The van der Waals surface area contributed by atoms with Crippen molar-refractivity contribution in [1.29, 1.82) is 0 Å². The summed E-state index contributed by atoms with van der Waals surface area (Å²) in [6.45, 7) is 6.32. The van der Waals surface area contributed by atoms with E-state index < -0.39 is 0 Å². The molecule has 0 N–H and O–H groups in total. The molecule has 0 saturated heterocycles. The topological polar surface area (TPSA) is 38.1 Å². The Kier molecular flexibility index (Phi) is 6.12. The first-order valence-corrected chi connectivity index (χ1v) is 12.9. The van der Waals surface area contributed by atoms with Crippen LogP contribution in [0.3, 0.4) is 0 Å². The van der Waals surface area contributed by atoms with Gasteiger partial charge in [0.15, 0.2) is 5.16 Å². The molecular weight excluding hydrogens is 458 g/mol. The predicted molar refractivity (Wildman–Crippen MR) is 135 cm³/mol. The minimum Gasteiger partial charge on any atom is -0.296 e. The standard InChI is InChI=1S/C25H24ClN3OS2/c1-16(2)28-13-12-19-21(14-28)32-23-22(19)24(30)29(18-9-4-3-5-10-18)25(27-23)31-15-17-8-6-7-11-20(17)26/h3-11,16H,12-15H2,1-2H3. The van der Waals surface area contributed by atoms with Gasteiger partial charge >= 0.3 is 0 Å². The zero-order valence-electron chi connectivity index (χ0n) is 18.0. The molecule has 2 aromatic carbocycles. The number of fused-ring (bicyclic) bond motifs is 3. The summed E-state index contributed by atoms with van der Waals surface area (Å²) in [6.07, 6.45) is 0.894.